The van der Waals surface area contributed by atoms with Crippen molar-refractivity contribution in [2.75, 3.05) is 18.4 Å². The van der Waals surface area contributed by atoms with E-state index >= 15 is 0 Å². The van der Waals surface area contributed by atoms with E-state index in [2.05, 4.69) is 10.6 Å². The molecule has 0 saturated carbocycles. The highest BCUT2D eigenvalue weighted by Crippen LogP contribution is 2.43. The lowest BCUT2D eigenvalue weighted by atomic mass is 9.81. The predicted octanol–water partition coefficient (Wildman–Crippen LogP) is 0.776. The van der Waals surface area contributed by atoms with Crippen molar-refractivity contribution in [1.82, 2.24) is 5.32 Å². The van der Waals surface area contributed by atoms with Gasteiger partial charge < -0.3 is 20.6 Å². The van der Waals surface area contributed by atoms with Gasteiger partial charge in [-0.15, -0.1) is 0 Å². The number of amides is 1. The molecule has 0 fully saturated rings. The quantitative estimate of drug-likeness (QED) is 0.548. The zero-order valence-corrected chi connectivity index (χ0v) is 13.3. The highest BCUT2D eigenvalue weighted by atomic mass is 16.4. The summed E-state index contributed by atoms with van der Waals surface area (Å²) in [6.45, 7) is -0.500. The predicted molar refractivity (Wildman–Crippen MR) is 90.1 cm³/mol. The molecule has 0 bridgehead atoms. The van der Waals surface area contributed by atoms with Crippen molar-refractivity contribution in [2.45, 2.75) is 12.2 Å². The Morgan fingerprint density at radius 2 is 1.52 bits per heavy atom. The van der Waals surface area contributed by atoms with Crippen LogP contribution in [0.4, 0.5) is 5.69 Å². The average molecular weight is 342 g/mol. The van der Waals surface area contributed by atoms with Crippen LogP contribution in [0.5, 0.6) is 0 Å². The second kappa shape index (κ2) is 7.02. The Morgan fingerprint density at radius 3 is 2.20 bits per heavy atom. The van der Waals surface area contributed by atoms with Crippen LogP contribution >= 0.6 is 0 Å². The molecular weight excluding hydrogens is 324 g/mol. The van der Waals surface area contributed by atoms with Gasteiger partial charge in [-0.2, -0.15) is 0 Å². The number of anilines is 1. The molecule has 0 aliphatic heterocycles. The van der Waals surface area contributed by atoms with Crippen molar-refractivity contribution in [3.63, 3.8) is 0 Å². The number of aliphatic hydroxyl groups is 2. The summed E-state index contributed by atoms with van der Waals surface area (Å²) in [6, 6.07) is 12.1. The van der Waals surface area contributed by atoms with Gasteiger partial charge in [-0.1, -0.05) is 36.4 Å². The van der Waals surface area contributed by atoms with Gasteiger partial charge in [0.05, 0.1) is 13.1 Å². The molecule has 5 N–H and O–H groups in total. The van der Waals surface area contributed by atoms with Crippen molar-refractivity contribution in [3.05, 3.63) is 64.7 Å². The topological polar surface area (TPSA) is 119 Å². The Bertz CT molecular complexity index is 821. The Morgan fingerprint density at radius 1 is 0.880 bits per heavy atom. The van der Waals surface area contributed by atoms with Gasteiger partial charge in [0.15, 0.2) is 0 Å². The fourth-order valence-electron chi connectivity index (χ4n) is 3.04. The van der Waals surface area contributed by atoms with E-state index in [0.29, 0.717) is 27.9 Å². The third-order valence-electron chi connectivity index (χ3n) is 4.13. The number of carbonyl (C=O) groups is 2. The lowest BCUT2D eigenvalue weighted by molar-refractivity contribution is -0.135. The lowest BCUT2D eigenvalue weighted by Crippen LogP contribution is -2.32. The number of rotatable bonds is 5. The zero-order chi connectivity index (χ0) is 18.0. The molecular formula is C18H18N2O5. The van der Waals surface area contributed by atoms with E-state index in [0.717, 1.165) is 0 Å². The molecule has 2 aromatic carbocycles. The molecule has 3 rings (SSSR count). The van der Waals surface area contributed by atoms with Gasteiger partial charge in [-0.25, -0.2) is 0 Å². The fraction of sp³-hybridized carbons (Fsp3) is 0.222. The number of benzene rings is 2. The molecule has 0 heterocycles. The standard InChI is InChI=1S/C18H18N2O5/c21-14(8-19-9-15(22)23)20-13-7-3-6-12-16(13)18(25)11-5-2-1-4-10(11)17(12)24/h1-7,17-19,24-25H,8-9H2,(H,20,21)(H,22,23). The van der Waals surface area contributed by atoms with Crippen LogP contribution in [-0.4, -0.2) is 40.3 Å². The third-order valence-corrected chi connectivity index (χ3v) is 4.13. The number of fused-ring (bicyclic) bond motifs is 2. The Balaban J connectivity index is 1.86. The van der Waals surface area contributed by atoms with Crippen molar-refractivity contribution in [3.8, 4) is 0 Å². The van der Waals surface area contributed by atoms with Crippen LogP contribution in [-0.2, 0) is 9.59 Å². The molecule has 25 heavy (non-hydrogen) atoms. The highest BCUT2D eigenvalue weighted by Gasteiger charge is 2.31. The average Bonchev–Trinajstić information content (AvgIpc) is 2.59. The highest BCUT2D eigenvalue weighted by molar-refractivity contribution is 5.93. The monoisotopic (exact) mass is 342 g/mol. The molecule has 1 aliphatic rings. The number of aliphatic hydroxyl groups excluding tert-OH is 2. The molecule has 0 radical (unpaired) electrons. The van der Waals surface area contributed by atoms with Crippen molar-refractivity contribution in [1.29, 1.82) is 0 Å². The number of carboxylic acid groups (broad SMARTS) is 1. The molecule has 1 amide bonds. The van der Waals surface area contributed by atoms with Crippen LogP contribution in [0.2, 0.25) is 0 Å². The van der Waals surface area contributed by atoms with E-state index < -0.39 is 24.1 Å². The van der Waals surface area contributed by atoms with Crippen LogP contribution in [0.1, 0.15) is 34.5 Å². The maximum atomic E-state index is 12.0. The molecule has 1 aliphatic carbocycles. The first-order valence-corrected chi connectivity index (χ1v) is 7.79. The smallest absolute Gasteiger partial charge is 0.317 e. The van der Waals surface area contributed by atoms with E-state index in [1.165, 1.54) is 0 Å². The number of carbonyl (C=O) groups excluding carboxylic acids is 1. The van der Waals surface area contributed by atoms with Crippen molar-refractivity contribution in [2.24, 2.45) is 0 Å². The van der Waals surface area contributed by atoms with Gasteiger partial charge in [0.2, 0.25) is 5.91 Å². The summed E-state index contributed by atoms with van der Waals surface area (Å²) in [6.07, 6.45) is -1.87. The van der Waals surface area contributed by atoms with Crippen LogP contribution in [0.15, 0.2) is 42.5 Å². The van der Waals surface area contributed by atoms with Gasteiger partial charge in [0.1, 0.15) is 12.2 Å². The van der Waals surface area contributed by atoms with E-state index in [9.17, 15) is 19.8 Å². The summed E-state index contributed by atoms with van der Waals surface area (Å²) in [5.74, 6) is -1.49. The maximum absolute atomic E-state index is 12.0. The van der Waals surface area contributed by atoms with Gasteiger partial charge in [0.25, 0.3) is 0 Å². The molecule has 0 spiro atoms. The van der Waals surface area contributed by atoms with Crippen molar-refractivity contribution < 1.29 is 24.9 Å². The Labute approximate surface area is 143 Å². The summed E-state index contributed by atoms with van der Waals surface area (Å²) >= 11 is 0. The molecule has 0 aromatic heterocycles. The van der Waals surface area contributed by atoms with Gasteiger partial charge in [0, 0.05) is 11.3 Å². The number of aliphatic carboxylic acids is 1. The molecule has 2 unspecified atom stereocenters. The number of nitrogens with one attached hydrogen (secondary N) is 2. The summed E-state index contributed by atoms with van der Waals surface area (Å²) in [5.41, 5.74) is 2.59. The minimum absolute atomic E-state index is 0.175. The van der Waals surface area contributed by atoms with Gasteiger partial charge in [-0.3, -0.25) is 14.9 Å². The van der Waals surface area contributed by atoms with Crippen LogP contribution in [0.25, 0.3) is 0 Å². The van der Waals surface area contributed by atoms with Gasteiger partial charge in [-0.05, 0) is 22.8 Å². The first kappa shape index (κ1) is 17.1. The zero-order valence-electron chi connectivity index (χ0n) is 13.3. The number of carboxylic acids is 1. The van der Waals surface area contributed by atoms with Crippen LogP contribution in [0.3, 0.4) is 0 Å². The maximum Gasteiger partial charge on any atom is 0.317 e. The van der Waals surface area contributed by atoms with E-state index in [4.69, 9.17) is 5.11 Å². The number of hydrogen-bond acceptors (Lipinski definition) is 5. The normalized spacial score (nSPS) is 18.2. The molecule has 130 valence electrons. The summed E-state index contributed by atoms with van der Waals surface area (Å²) < 4.78 is 0. The first-order valence-electron chi connectivity index (χ1n) is 7.79. The second-order valence-corrected chi connectivity index (χ2v) is 5.79. The largest absolute Gasteiger partial charge is 0.480 e. The second-order valence-electron chi connectivity index (χ2n) is 5.79. The van der Waals surface area contributed by atoms with Gasteiger partial charge >= 0.3 is 5.97 Å². The van der Waals surface area contributed by atoms with Crippen LogP contribution in [0, 0.1) is 0 Å². The minimum atomic E-state index is -1.06. The molecule has 0 saturated heterocycles. The van der Waals surface area contributed by atoms with Crippen LogP contribution < -0.4 is 10.6 Å². The first-order chi connectivity index (χ1) is 12.0. The van der Waals surface area contributed by atoms with E-state index in [1.54, 1.807) is 42.5 Å². The summed E-state index contributed by atoms with van der Waals surface area (Å²) in [4.78, 5) is 22.5. The van der Waals surface area contributed by atoms with Crippen molar-refractivity contribution >= 4 is 17.6 Å². The number of hydrogen-bond donors (Lipinski definition) is 5. The Kier molecular flexibility index (Phi) is 4.80. The molecule has 2 aromatic rings. The SMILES string of the molecule is O=C(O)CNCC(=O)Nc1cccc2c1C(O)c1ccccc1C2O. The summed E-state index contributed by atoms with van der Waals surface area (Å²) in [5, 5.41) is 35.0. The minimum Gasteiger partial charge on any atom is -0.480 e. The molecule has 2 atom stereocenters. The molecule has 7 nitrogen and oxygen atoms in total. The fourth-order valence-corrected chi connectivity index (χ4v) is 3.04. The van der Waals surface area contributed by atoms with E-state index in [1.807, 2.05) is 0 Å². The molecule has 7 heteroatoms. The third kappa shape index (κ3) is 3.39. The van der Waals surface area contributed by atoms with E-state index in [-0.39, 0.29) is 13.1 Å². The Hall–Kier alpha value is -2.74. The lowest BCUT2D eigenvalue weighted by Gasteiger charge is -2.30. The summed E-state index contributed by atoms with van der Waals surface area (Å²) in [7, 11) is 0.